The maximum Gasteiger partial charge on any atom is 0.124 e. The molecular weight excluding hydrogens is 241 g/mol. The highest BCUT2D eigenvalue weighted by Gasteiger charge is 2.15. The van der Waals surface area contributed by atoms with E-state index in [1.165, 1.54) is 31.4 Å². The van der Waals surface area contributed by atoms with Crippen LogP contribution in [0.15, 0.2) is 18.2 Å². The molecule has 1 aromatic rings. The van der Waals surface area contributed by atoms with Gasteiger partial charge in [0.25, 0.3) is 0 Å². The number of benzene rings is 1. The van der Waals surface area contributed by atoms with Crippen molar-refractivity contribution in [1.82, 2.24) is 10.2 Å². The highest BCUT2D eigenvalue weighted by molar-refractivity contribution is 5.37. The smallest absolute Gasteiger partial charge is 0.124 e. The van der Waals surface area contributed by atoms with Crippen LogP contribution in [0.2, 0.25) is 0 Å². The quantitative estimate of drug-likeness (QED) is 0.903. The van der Waals surface area contributed by atoms with Crippen molar-refractivity contribution in [1.29, 1.82) is 5.26 Å². The van der Waals surface area contributed by atoms with Crippen molar-refractivity contribution in [2.45, 2.75) is 31.8 Å². The third-order valence-corrected chi connectivity index (χ3v) is 3.58. The Morgan fingerprint density at radius 1 is 1.47 bits per heavy atom. The summed E-state index contributed by atoms with van der Waals surface area (Å²) in [6.07, 6.45) is 3.75. The van der Waals surface area contributed by atoms with Gasteiger partial charge in [-0.1, -0.05) is 12.5 Å². The van der Waals surface area contributed by atoms with Crippen LogP contribution in [0.3, 0.4) is 0 Å². The summed E-state index contributed by atoms with van der Waals surface area (Å²) in [6.45, 7) is 2.74. The van der Waals surface area contributed by atoms with Crippen molar-refractivity contribution in [2.24, 2.45) is 0 Å². The lowest BCUT2D eigenvalue weighted by Crippen LogP contribution is -2.42. The third-order valence-electron chi connectivity index (χ3n) is 3.58. The van der Waals surface area contributed by atoms with Gasteiger partial charge in [-0.15, -0.1) is 0 Å². The van der Waals surface area contributed by atoms with E-state index in [-0.39, 0.29) is 5.82 Å². The topological polar surface area (TPSA) is 39.1 Å². The Labute approximate surface area is 114 Å². The zero-order valence-corrected chi connectivity index (χ0v) is 11.3. The normalized spacial score (nSPS) is 19.4. The van der Waals surface area contributed by atoms with Gasteiger partial charge in [0.2, 0.25) is 0 Å². The molecule has 1 heterocycles. The van der Waals surface area contributed by atoms with Crippen LogP contribution in [0.25, 0.3) is 0 Å². The van der Waals surface area contributed by atoms with Gasteiger partial charge in [-0.25, -0.2) is 4.39 Å². The lowest BCUT2D eigenvalue weighted by Gasteiger charge is -2.28. The second kappa shape index (κ2) is 6.65. The van der Waals surface area contributed by atoms with E-state index in [1.807, 2.05) is 7.05 Å². The van der Waals surface area contributed by atoms with Gasteiger partial charge in [-0.2, -0.15) is 5.26 Å². The lowest BCUT2D eigenvalue weighted by molar-refractivity contribution is 0.256. The molecular formula is C15H20FN3. The molecule has 0 spiro atoms. The molecule has 0 aliphatic carbocycles. The van der Waals surface area contributed by atoms with E-state index in [9.17, 15) is 4.39 Å². The van der Waals surface area contributed by atoms with Crippen molar-refractivity contribution in [2.75, 3.05) is 20.1 Å². The van der Waals surface area contributed by atoms with Crippen molar-refractivity contribution in [3.8, 4) is 6.07 Å². The Balaban J connectivity index is 1.94. The number of halogens is 1. The minimum absolute atomic E-state index is 0.350. The van der Waals surface area contributed by atoms with Crippen LogP contribution < -0.4 is 5.32 Å². The van der Waals surface area contributed by atoms with Gasteiger partial charge in [0, 0.05) is 19.1 Å². The first-order valence-electron chi connectivity index (χ1n) is 6.79. The van der Waals surface area contributed by atoms with Gasteiger partial charge in [-0.3, -0.25) is 0 Å². The van der Waals surface area contributed by atoms with Crippen LogP contribution in [0, 0.1) is 17.1 Å². The summed E-state index contributed by atoms with van der Waals surface area (Å²) in [5, 5.41) is 12.5. The number of nitrogens with one attached hydrogen (secondary N) is 1. The van der Waals surface area contributed by atoms with E-state index in [0.29, 0.717) is 18.2 Å². The fourth-order valence-corrected chi connectivity index (χ4v) is 2.60. The largest absolute Gasteiger partial charge is 0.313 e. The number of rotatable bonds is 4. The number of hydrogen-bond acceptors (Lipinski definition) is 3. The molecule has 1 unspecified atom stereocenters. The van der Waals surface area contributed by atoms with Crippen LogP contribution >= 0.6 is 0 Å². The van der Waals surface area contributed by atoms with E-state index >= 15 is 0 Å². The number of likely N-dealkylation sites (N-methyl/N-ethyl adjacent to an activating group) is 1. The molecule has 4 heteroatoms. The SMILES string of the molecule is CN(Cc1ccc(F)cc1C#N)CC1CCCCN1. The van der Waals surface area contributed by atoms with Crippen LogP contribution in [0.4, 0.5) is 4.39 Å². The second-order valence-electron chi connectivity index (χ2n) is 5.26. The van der Waals surface area contributed by atoms with Gasteiger partial charge in [-0.05, 0) is 44.1 Å². The number of nitriles is 1. The zero-order valence-electron chi connectivity index (χ0n) is 11.3. The maximum absolute atomic E-state index is 13.1. The van der Waals surface area contributed by atoms with Crippen LogP contribution in [-0.4, -0.2) is 31.1 Å². The minimum Gasteiger partial charge on any atom is -0.313 e. The molecule has 1 aliphatic rings. The van der Waals surface area contributed by atoms with Crippen LogP contribution in [0.5, 0.6) is 0 Å². The minimum atomic E-state index is -0.350. The molecule has 1 aliphatic heterocycles. The summed E-state index contributed by atoms with van der Waals surface area (Å²) < 4.78 is 13.1. The molecule has 0 bridgehead atoms. The molecule has 0 aromatic heterocycles. The van der Waals surface area contributed by atoms with Gasteiger partial charge < -0.3 is 10.2 Å². The summed E-state index contributed by atoms with van der Waals surface area (Å²) in [6, 6.07) is 7.03. The number of piperidine rings is 1. The third kappa shape index (κ3) is 4.02. The van der Waals surface area contributed by atoms with E-state index < -0.39 is 0 Å². The molecule has 1 saturated heterocycles. The molecule has 0 radical (unpaired) electrons. The fourth-order valence-electron chi connectivity index (χ4n) is 2.60. The summed E-state index contributed by atoms with van der Waals surface area (Å²) in [5.74, 6) is -0.350. The highest BCUT2D eigenvalue weighted by atomic mass is 19.1. The summed E-state index contributed by atoms with van der Waals surface area (Å²) in [7, 11) is 2.04. The lowest BCUT2D eigenvalue weighted by atomic mass is 10.0. The molecule has 1 atom stereocenters. The summed E-state index contributed by atoms with van der Waals surface area (Å²) in [5.41, 5.74) is 1.32. The maximum atomic E-state index is 13.1. The summed E-state index contributed by atoms with van der Waals surface area (Å²) in [4.78, 5) is 2.19. The van der Waals surface area contributed by atoms with Gasteiger partial charge in [0.1, 0.15) is 5.82 Å². The number of nitrogens with zero attached hydrogens (tertiary/aromatic N) is 2. The van der Waals surface area contributed by atoms with Crippen molar-refractivity contribution in [3.63, 3.8) is 0 Å². The van der Waals surface area contributed by atoms with Crippen molar-refractivity contribution < 1.29 is 4.39 Å². The Kier molecular flexibility index (Phi) is 4.89. The predicted octanol–water partition coefficient (Wildman–Crippen LogP) is 2.27. The Morgan fingerprint density at radius 2 is 2.32 bits per heavy atom. The van der Waals surface area contributed by atoms with E-state index in [0.717, 1.165) is 18.7 Å². The van der Waals surface area contributed by atoms with E-state index in [4.69, 9.17) is 5.26 Å². The van der Waals surface area contributed by atoms with E-state index in [1.54, 1.807) is 6.07 Å². The van der Waals surface area contributed by atoms with Crippen molar-refractivity contribution >= 4 is 0 Å². The molecule has 1 aromatic carbocycles. The Hall–Kier alpha value is -1.44. The molecule has 0 saturated carbocycles. The monoisotopic (exact) mass is 261 g/mol. The predicted molar refractivity (Wildman–Crippen MR) is 73.1 cm³/mol. The molecule has 1 fully saturated rings. The Morgan fingerprint density at radius 3 is 3.00 bits per heavy atom. The first-order chi connectivity index (χ1) is 9.19. The average Bonchev–Trinajstić information content (AvgIpc) is 2.42. The van der Waals surface area contributed by atoms with Gasteiger partial charge in [0.05, 0.1) is 11.6 Å². The first kappa shape index (κ1) is 14.0. The second-order valence-corrected chi connectivity index (χ2v) is 5.26. The highest BCUT2D eigenvalue weighted by Crippen LogP contribution is 2.14. The van der Waals surface area contributed by atoms with Gasteiger partial charge in [0.15, 0.2) is 0 Å². The molecule has 3 nitrogen and oxygen atoms in total. The standard InChI is InChI=1S/C15H20FN3/c1-19(11-15-4-2-3-7-18-15)10-12-5-6-14(16)8-13(12)9-17/h5-6,8,15,18H,2-4,7,10-11H2,1H3. The molecule has 2 rings (SSSR count). The molecule has 1 N–H and O–H groups in total. The van der Waals surface area contributed by atoms with E-state index in [2.05, 4.69) is 16.3 Å². The van der Waals surface area contributed by atoms with Crippen LogP contribution in [0.1, 0.15) is 30.4 Å². The fraction of sp³-hybridized carbons (Fsp3) is 0.533. The molecule has 102 valence electrons. The Bertz CT molecular complexity index is 461. The molecule has 0 amide bonds. The average molecular weight is 261 g/mol. The zero-order chi connectivity index (χ0) is 13.7. The summed E-state index contributed by atoms with van der Waals surface area (Å²) >= 11 is 0. The first-order valence-corrected chi connectivity index (χ1v) is 6.79. The molecule has 19 heavy (non-hydrogen) atoms. The van der Waals surface area contributed by atoms with Crippen LogP contribution in [-0.2, 0) is 6.54 Å². The number of hydrogen-bond donors (Lipinski definition) is 1. The van der Waals surface area contributed by atoms with Gasteiger partial charge >= 0.3 is 0 Å². The van der Waals surface area contributed by atoms with Crippen molar-refractivity contribution in [3.05, 3.63) is 35.1 Å².